The number of rotatable bonds is 6. The van der Waals surface area contributed by atoms with E-state index in [1.54, 1.807) is 18.2 Å². The summed E-state index contributed by atoms with van der Waals surface area (Å²) >= 11 is 0. The van der Waals surface area contributed by atoms with E-state index in [1.165, 1.54) is 31.2 Å². The van der Waals surface area contributed by atoms with Crippen LogP contribution < -0.4 is 14.8 Å². The summed E-state index contributed by atoms with van der Waals surface area (Å²) in [6.45, 7) is 1.83. The van der Waals surface area contributed by atoms with Gasteiger partial charge in [-0.3, -0.25) is 4.79 Å². The topological polar surface area (TPSA) is 108 Å². The van der Waals surface area contributed by atoms with E-state index in [4.69, 9.17) is 14.2 Å². The lowest BCUT2D eigenvalue weighted by molar-refractivity contribution is -0.129. The first-order valence-corrected chi connectivity index (χ1v) is 10.3. The first kappa shape index (κ1) is 19.7. The first-order valence-electron chi connectivity index (χ1n) is 8.41. The van der Waals surface area contributed by atoms with Gasteiger partial charge in [0, 0.05) is 12.8 Å². The molecule has 1 atom stereocenters. The Kier molecular flexibility index (Phi) is 5.55. The molecule has 2 aromatic carbocycles. The van der Waals surface area contributed by atoms with Crippen molar-refractivity contribution >= 4 is 21.7 Å². The maximum absolute atomic E-state index is 12.2. The van der Waals surface area contributed by atoms with Gasteiger partial charge in [0.1, 0.15) is 0 Å². The van der Waals surface area contributed by atoms with Gasteiger partial charge in [0.15, 0.2) is 27.4 Å². The fourth-order valence-electron chi connectivity index (χ4n) is 2.52. The Bertz CT molecular complexity index is 1020. The second kappa shape index (κ2) is 7.89. The second-order valence-corrected chi connectivity index (χ2v) is 8.27. The highest BCUT2D eigenvalue weighted by atomic mass is 32.2. The maximum atomic E-state index is 12.2. The third-order valence-corrected chi connectivity index (χ3v) is 5.16. The number of sulfone groups is 1. The number of hydrogen-bond acceptors (Lipinski definition) is 7. The molecular weight excluding hydrogens is 386 g/mol. The highest BCUT2D eigenvalue weighted by Crippen LogP contribution is 2.32. The molecule has 0 fully saturated rings. The van der Waals surface area contributed by atoms with E-state index < -0.39 is 27.8 Å². The molecule has 1 unspecified atom stereocenters. The Balaban J connectivity index is 1.57. The number of benzene rings is 2. The third kappa shape index (κ3) is 4.61. The molecule has 1 aliphatic heterocycles. The van der Waals surface area contributed by atoms with E-state index in [0.717, 1.165) is 11.8 Å². The molecule has 1 heterocycles. The van der Waals surface area contributed by atoms with Gasteiger partial charge in [-0.15, -0.1) is 0 Å². The molecule has 1 N–H and O–H groups in total. The van der Waals surface area contributed by atoms with Crippen LogP contribution in [0.15, 0.2) is 47.4 Å². The predicted molar refractivity (Wildman–Crippen MR) is 98.8 cm³/mol. The Morgan fingerprint density at radius 1 is 1.14 bits per heavy atom. The molecule has 0 aromatic heterocycles. The molecule has 1 amide bonds. The van der Waals surface area contributed by atoms with Gasteiger partial charge >= 0.3 is 5.97 Å². The number of amides is 1. The van der Waals surface area contributed by atoms with Crippen molar-refractivity contribution < 1.29 is 32.2 Å². The average molecular weight is 405 g/mol. The third-order valence-electron chi connectivity index (χ3n) is 4.05. The van der Waals surface area contributed by atoms with Crippen LogP contribution in [0.3, 0.4) is 0 Å². The lowest BCUT2D eigenvalue weighted by Gasteiger charge is -2.14. The maximum Gasteiger partial charge on any atom is 0.338 e. The predicted octanol–water partition coefficient (Wildman–Crippen LogP) is 1.68. The van der Waals surface area contributed by atoms with Crippen LogP contribution in [0, 0.1) is 0 Å². The molecule has 0 saturated carbocycles. The van der Waals surface area contributed by atoms with Gasteiger partial charge in [0.25, 0.3) is 5.91 Å². The van der Waals surface area contributed by atoms with E-state index in [0.29, 0.717) is 11.5 Å². The van der Waals surface area contributed by atoms with Crippen LogP contribution in [0.2, 0.25) is 0 Å². The van der Waals surface area contributed by atoms with Gasteiger partial charge in [-0.2, -0.15) is 0 Å². The number of esters is 1. The molecule has 3 rings (SSSR count). The Morgan fingerprint density at radius 2 is 1.89 bits per heavy atom. The standard InChI is InChI=1S/C19H19NO7S/c1-12(27-19(22)14-4-3-5-15(9-14)28(2,23)24)18(21)20-10-13-6-7-16-17(8-13)26-11-25-16/h3-9,12H,10-11H2,1-2H3,(H,20,21). The van der Waals surface area contributed by atoms with Gasteiger partial charge in [0.2, 0.25) is 6.79 Å². The van der Waals surface area contributed by atoms with E-state index in [9.17, 15) is 18.0 Å². The second-order valence-electron chi connectivity index (χ2n) is 6.25. The molecule has 0 radical (unpaired) electrons. The molecular formula is C19H19NO7S. The number of carbonyl (C=O) groups excluding carboxylic acids is 2. The summed E-state index contributed by atoms with van der Waals surface area (Å²) in [5, 5.41) is 2.67. The smallest absolute Gasteiger partial charge is 0.338 e. The van der Waals surface area contributed by atoms with Crippen molar-refractivity contribution in [1.29, 1.82) is 0 Å². The van der Waals surface area contributed by atoms with Crippen LogP contribution in [-0.2, 0) is 25.9 Å². The Labute approximate surface area is 162 Å². The fraction of sp³-hybridized carbons (Fsp3) is 0.263. The van der Waals surface area contributed by atoms with Crippen molar-refractivity contribution in [2.45, 2.75) is 24.5 Å². The zero-order valence-corrected chi connectivity index (χ0v) is 16.1. The molecule has 2 aromatic rings. The Morgan fingerprint density at radius 3 is 2.64 bits per heavy atom. The summed E-state index contributed by atoms with van der Waals surface area (Å²) in [5.74, 6) is -0.00723. The lowest BCUT2D eigenvalue weighted by atomic mass is 10.2. The van der Waals surface area contributed by atoms with Crippen LogP contribution in [0.5, 0.6) is 11.5 Å². The molecule has 0 saturated heterocycles. The van der Waals surface area contributed by atoms with Crippen molar-refractivity contribution in [3.8, 4) is 11.5 Å². The van der Waals surface area contributed by atoms with Crippen molar-refractivity contribution in [2.75, 3.05) is 13.0 Å². The Hall–Kier alpha value is -3.07. The fourth-order valence-corrected chi connectivity index (χ4v) is 3.19. The van der Waals surface area contributed by atoms with Crippen LogP contribution in [0.4, 0.5) is 0 Å². The quantitative estimate of drug-likeness (QED) is 0.729. The number of fused-ring (bicyclic) bond motifs is 1. The van der Waals surface area contributed by atoms with Crippen LogP contribution in [0.25, 0.3) is 0 Å². The monoisotopic (exact) mass is 405 g/mol. The first-order chi connectivity index (χ1) is 13.2. The molecule has 1 aliphatic rings. The van der Waals surface area contributed by atoms with Crippen LogP contribution in [-0.4, -0.2) is 39.4 Å². The summed E-state index contributed by atoms with van der Waals surface area (Å²) < 4.78 is 38.8. The summed E-state index contributed by atoms with van der Waals surface area (Å²) in [6, 6.07) is 10.8. The van der Waals surface area contributed by atoms with Gasteiger partial charge in [0.05, 0.1) is 10.5 Å². The number of hydrogen-bond donors (Lipinski definition) is 1. The lowest BCUT2D eigenvalue weighted by Crippen LogP contribution is -2.35. The average Bonchev–Trinajstić information content (AvgIpc) is 3.13. The molecule has 148 valence electrons. The zero-order chi connectivity index (χ0) is 20.3. The minimum absolute atomic E-state index is 0.00172. The van der Waals surface area contributed by atoms with E-state index in [-0.39, 0.29) is 23.8 Å². The van der Waals surface area contributed by atoms with Crippen LogP contribution >= 0.6 is 0 Å². The molecule has 8 nitrogen and oxygen atoms in total. The summed E-state index contributed by atoms with van der Waals surface area (Å²) in [6.07, 6.45) is -0.00712. The molecule has 9 heteroatoms. The van der Waals surface area contributed by atoms with Crippen molar-refractivity contribution in [2.24, 2.45) is 0 Å². The minimum atomic E-state index is -3.45. The van der Waals surface area contributed by atoms with Crippen molar-refractivity contribution in [3.05, 3.63) is 53.6 Å². The normalized spacial score (nSPS) is 13.6. The van der Waals surface area contributed by atoms with Crippen LogP contribution in [0.1, 0.15) is 22.8 Å². The molecule has 0 bridgehead atoms. The molecule has 0 aliphatic carbocycles. The van der Waals surface area contributed by atoms with E-state index in [2.05, 4.69) is 5.32 Å². The van der Waals surface area contributed by atoms with Gasteiger partial charge < -0.3 is 19.5 Å². The number of ether oxygens (including phenoxy) is 3. The zero-order valence-electron chi connectivity index (χ0n) is 15.3. The summed E-state index contributed by atoms with van der Waals surface area (Å²) in [7, 11) is -3.45. The van der Waals surface area contributed by atoms with E-state index in [1.807, 2.05) is 0 Å². The van der Waals surface area contributed by atoms with Crippen molar-refractivity contribution in [3.63, 3.8) is 0 Å². The summed E-state index contributed by atoms with van der Waals surface area (Å²) in [4.78, 5) is 24.4. The van der Waals surface area contributed by atoms with Gasteiger partial charge in [-0.1, -0.05) is 12.1 Å². The summed E-state index contributed by atoms with van der Waals surface area (Å²) in [5.41, 5.74) is 0.857. The van der Waals surface area contributed by atoms with Gasteiger partial charge in [-0.25, -0.2) is 13.2 Å². The minimum Gasteiger partial charge on any atom is -0.454 e. The van der Waals surface area contributed by atoms with Crippen molar-refractivity contribution in [1.82, 2.24) is 5.32 Å². The number of carbonyl (C=O) groups is 2. The highest BCUT2D eigenvalue weighted by Gasteiger charge is 2.20. The SMILES string of the molecule is CC(OC(=O)c1cccc(S(C)(=O)=O)c1)C(=O)NCc1ccc2c(c1)OCO2. The largest absolute Gasteiger partial charge is 0.454 e. The number of nitrogens with one attached hydrogen (secondary N) is 1. The molecule has 0 spiro atoms. The van der Waals surface area contributed by atoms with E-state index >= 15 is 0 Å². The molecule has 28 heavy (non-hydrogen) atoms. The van der Waals surface area contributed by atoms with Gasteiger partial charge in [-0.05, 0) is 42.8 Å². The highest BCUT2D eigenvalue weighted by molar-refractivity contribution is 7.90.